The number of fused-ring (bicyclic) bond motifs is 1. The summed E-state index contributed by atoms with van der Waals surface area (Å²) < 4.78 is 43.2. The maximum atomic E-state index is 14.0. The lowest BCUT2D eigenvalue weighted by atomic mass is 9.83. The van der Waals surface area contributed by atoms with E-state index in [1.54, 1.807) is 42.2 Å². The molecule has 0 saturated carbocycles. The average Bonchev–Trinajstić information content (AvgIpc) is 3.56. The molecule has 5 rings (SSSR count). The Bertz CT molecular complexity index is 1560. The molecule has 0 spiro atoms. The molecule has 38 heavy (non-hydrogen) atoms. The van der Waals surface area contributed by atoms with Crippen LogP contribution < -0.4 is 0 Å². The first-order valence-corrected chi connectivity index (χ1v) is 12.8. The van der Waals surface area contributed by atoms with Crippen molar-refractivity contribution in [2.24, 2.45) is 0 Å². The molecule has 9 heteroatoms. The van der Waals surface area contributed by atoms with Crippen molar-refractivity contribution in [2.45, 2.75) is 32.1 Å². The van der Waals surface area contributed by atoms with E-state index in [4.69, 9.17) is 0 Å². The number of carbonyl (C=O) groups is 1. The summed E-state index contributed by atoms with van der Waals surface area (Å²) in [5.74, 6) is -0.696. The molecule has 1 unspecified atom stereocenters. The first kappa shape index (κ1) is 25.5. The van der Waals surface area contributed by atoms with Gasteiger partial charge in [0.05, 0.1) is 6.54 Å². The molecule has 0 saturated heterocycles. The van der Waals surface area contributed by atoms with Crippen molar-refractivity contribution in [1.29, 1.82) is 5.26 Å². The molecule has 3 heterocycles. The Kier molecular flexibility index (Phi) is 6.67. The third-order valence-corrected chi connectivity index (χ3v) is 7.75. The molecule has 4 aromatic rings. The molecule has 0 fully saturated rings. The number of hydrogen-bond acceptors (Lipinski definition) is 4. The maximum absolute atomic E-state index is 14.0. The van der Waals surface area contributed by atoms with Gasteiger partial charge in [-0.1, -0.05) is 61.2 Å². The molecule has 1 atom stereocenters. The molecule has 192 valence electrons. The van der Waals surface area contributed by atoms with E-state index in [0.717, 1.165) is 10.4 Å². The van der Waals surface area contributed by atoms with Crippen LogP contribution in [0.1, 0.15) is 45.0 Å². The number of carbonyl (C=O) groups excluding carboxylic acids is 1. The lowest BCUT2D eigenvalue weighted by Gasteiger charge is -2.34. The minimum Gasteiger partial charge on any atom is -0.333 e. The maximum Gasteiger partial charge on any atom is 0.435 e. The first-order chi connectivity index (χ1) is 18.2. The van der Waals surface area contributed by atoms with E-state index in [9.17, 15) is 23.2 Å². The lowest BCUT2D eigenvalue weighted by molar-refractivity contribution is -0.141. The number of alkyl halides is 3. The van der Waals surface area contributed by atoms with Gasteiger partial charge in [0.15, 0.2) is 5.69 Å². The van der Waals surface area contributed by atoms with Crippen molar-refractivity contribution in [3.63, 3.8) is 0 Å². The summed E-state index contributed by atoms with van der Waals surface area (Å²) in [5.41, 5.74) is 1.97. The van der Waals surface area contributed by atoms with Gasteiger partial charge in [-0.2, -0.15) is 23.5 Å². The summed E-state index contributed by atoms with van der Waals surface area (Å²) in [6, 6.07) is 20.0. The summed E-state index contributed by atoms with van der Waals surface area (Å²) in [6.07, 6.45) is -3.22. The first-order valence-electron chi connectivity index (χ1n) is 12.0. The normalized spacial score (nSPS) is 15.1. The molecule has 0 bridgehead atoms. The highest BCUT2D eigenvalue weighted by Gasteiger charge is 2.39. The van der Waals surface area contributed by atoms with Gasteiger partial charge in [0, 0.05) is 41.2 Å². The van der Waals surface area contributed by atoms with Crippen molar-refractivity contribution in [3.05, 3.63) is 106 Å². The summed E-state index contributed by atoms with van der Waals surface area (Å²) in [5, 5.41) is 13.4. The monoisotopic (exact) mass is 532 g/mol. The number of amides is 1. The number of aromatic nitrogens is 2. The van der Waals surface area contributed by atoms with Crippen molar-refractivity contribution < 1.29 is 18.0 Å². The van der Waals surface area contributed by atoms with Crippen molar-refractivity contribution in [1.82, 2.24) is 14.7 Å². The standard InChI is InChI=1S/C29H23F3N4OS/c1-3-36-16-25(27(34-36)29(30,31)32)22-12-8-7-11-21(22)24-15-35(17-26-23(24)13-20(14-33)38-26)28(37)18(2)19-9-5-4-6-10-19/h4-13,16,24H,2-3,15,17H2,1H3. The fourth-order valence-electron chi connectivity index (χ4n) is 4.88. The fourth-order valence-corrected chi connectivity index (χ4v) is 5.92. The average molecular weight is 533 g/mol. The van der Waals surface area contributed by atoms with E-state index in [0.29, 0.717) is 40.2 Å². The van der Waals surface area contributed by atoms with Gasteiger partial charge in [-0.05, 0) is 35.2 Å². The minimum absolute atomic E-state index is 0.00983. The van der Waals surface area contributed by atoms with Gasteiger partial charge in [-0.3, -0.25) is 9.48 Å². The Hall–Kier alpha value is -4.16. The van der Waals surface area contributed by atoms with Gasteiger partial charge < -0.3 is 4.90 Å². The molecule has 1 amide bonds. The second kappa shape index (κ2) is 9.95. The van der Waals surface area contributed by atoms with Gasteiger partial charge >= 0.3 is 6.18 Å². The van der Waals surface area contributed by atoms with Crippen molar-refractivity contribution in [3.8, 4) is 17.2 Å². The van der Waals surface area contributed by atoms with E-state index in [-0.39, 0.29) is 18.0 Å². The van der Waals surface area contributed by atoms with Crippen LogP contribution in [0.3, 0.4) is 0 Å². The summed E-state index contributed by atoms with van der Waals surface area (Å²) in [6.45, 7) is 6.57. The molecule has 0 radical (unpaired) electrons. The zero-order valence-corrected chi connectivity index (χ0v) is 21.3. The largest absolute Gasteiger partial charge is 0.435 e. The van der Waals surface area contributed by atoms with E-state index < -0.39 is 17.8 Å². The van der Waals surface area contributed by atoms with Gasteiger partial charge in [-0.15, -0.1) is 11.3 Å². The Labute approximate surface area is 222 Å². The molecule has 5 nitrogen and oxygen atoms in total. The topological polar surface area (TPSA) is 61.9 Å². The molecule has 0 N–H and O–H groups in total. The smallest absolute Gasteiger partial charge is 0.333 e. The second-order valence-electron chi connectivity index (χ2n) is 9.02. The molecular formula is C29H23F3N4OS. The van der Waals surface area contributed by atoms with E-state index in [1.807, 2.05) is 30.3 Å². The Morgan fingerprint density at radius 2 is 1.84 bits per heavy atom. The molecule has 0 aliphatic carbocycles. The number of aryl methyl sites for hydroxylation is 1. The molecule has 1 aliphatic rings. The summed E-state index contributed by atoms with van der Waals surface area (Å²) in [7, 11) is 0. The van der Waals surface area contributed by atoms with Crippen molar-refractivity contribution >= 4 is 22.8 Å². The van der Waals surface area contributed by atoms with Gasteiger partial charge in [-0.25, -0.2) is 0 Å². The van der Waals surface area contributed by atoms with Crippen LogP contribution in [0, 0.1) is 11.3 Å². The van der Waals surface area contributed by atoms with Crippen LogP contribution in [0.2, 0.25) is 0 Å². The number of nitriles is 1. The predicted molar refractivity (Wildman–Crippen MR) is 140 cm³/mol. The van der Waals surface area contributed by atoms with Crippen molar-refractivity contribution in [2.75, 3.05) is 6.54 Å². The zero-order chi connectivity index (χ0) is 27.0. The third kappa shape index (κ3) is 4.63. The molecule has 2 aromatic heterocycles. The number of halogens is 3. The highest BCUT2D eigenvalue weighted by Crippen LogP contribution is 2.44. The quantitative estimate of drug-likeness (QED) is 0.269. The van der Waals surface area contributed by atoms with Crippen LogP contribution in [0.4, 0.5) is 13.2 Å². The third-order valence-electron chi connectivity index (χ3n) is 6.71. The zero-order valence-electron chi connectivity index (χ0n) is 20.5. The Morgan fingerprint density at radius 1 is 1.13 bits per heavy atom. The van der Waals surface area contributed by atoms with E-state index >= 15 is 0 Å². The number of nitrogens with zero attached hydrogens (tertiary/aromatic N) is 4. The number of benzene rings is 2. The number of thiophene rings is 1. The summed E-state index contributed by atoms with van der Waals surface area (Å²) >= 11 is 1.30. The highest BCUT2D eigenvalue weighted by atomic mass is 32.1. The highest BCUT2D eigenvalue weighted by molar-refractivity contribution is 7.12. The SMILES string of the molecule is C=C(C(=O)N1Cc2sc(C#N)cc2C(c2ccccc2-c2cn(CC)nc2C(F)(F)F)C1)c1ccccc1. The lowest BCUT2D eigenvalue weighted by Crippen LogP contribution is -2.38. The Balaban J connectivity index is 1.61. The fraction of sp³-hybridized carbons (Fsp3) is 0.207. The molecule has 2 aromatic carbocycles. The van der Waals surface area contributed by atoms with Crippen LogP contribution in [-0.4, -0.2) is 27.1 Å². The number of rotatable bonds is 5. The minimum atomic E-state index is -4.63. The van der Waals surface area contributed by atoms with Gasteiger partial charge in [0.25, 0.3) is 5.91 Å². The van der Waals surface area contributed by atoms with Crippen LogP contribution in [0.15, 0.2) is 73.4 Å². The van der Waals surface area contributed by atoms with Crippen LogP contribution in [0.5, 0.6) is 0 Å². The second-order valence-corrected chi connectivity index (χ2v) is 10.2. The number of hydrogen-bond donors (Lipinski definition) is 0. The Morgan fingerprint density at radius 3 is 2.53 bits per heavy atom. The summed E-state index contributed by atoms with van der Waals surface area (Å²) in [4.78, 5) is 16.5. The molecule has 1 aliphatic heterocycles. The van der Waals surface area contributed by atoms with Crippen LogP contribution >= 0.6 is 11.3 Å². The van der Waals surface area contributed by atoms with E-state index in [2.05, 4.69) is 17.7 Å². The van der Waals surface area contributed by atoms with E-state index in [1.165, 1.54) is 22.2 Å². The van der Waals surface area contributed by atoms with Crippen LogP contribution in [0.25, 0.3) is 16.7 Å². The molecular weight excluding hydrogens is 509 g/mol. The van der Waals surface area contributed by atoms with Crippen LogP contribution in [-0.2, 0) is 24.1 Å². The van der Waals surface area contributed by atoms with Gasteiger partial charge in [0.1, 0.15) is 10.9 Å². The predicted octanol–water partition coefficient (Wildman–Crippen LogP) is 6.71. The van der Waals surface area contributed by atoms with Gasteiger partial charge in [0.2, 0.25) is 0 Å².